The second-order valence-electron chi connectivity index (χ2n) is 3.05. The third-order valence-electron chi connectivity index (χ3n) is 1.65. The Morgan fingerprint density at radius 3 is 2.59 bits per heavy atom. The smallest absolute Gasteiger partial charge is 0.245 e. The number of carbonyl (C=O) groups is 2. The van der Waals surface area contributed by atoms with E-state index in [1.165, 1.54) is 11.8 Å². The van der Waals surface area contributed by atoms with Crippen LogP contribution in [0, 0.1) is 0 Å². The molecule has 0 aliphatic carbocycles. The first-order chi connectivity index (χ1) is 8.13. The zero-order valence-electron chi connectivity index (χ0n) is 9.64. The van der Waals surface area contributed by atoms with Crippen molar-refractivity contribution >= 4 is 23.6 Å². The zero-order valence-corrected chi connectivity index (χ0v) is 10.5. The normalized spacial score (nSPS) is 11.9. The molecule has 0 radical (unpaired) electrons. The fourth-order valence-corrected chi connectivity index (χ4v) is 1.29. The largest absolute Gasteiger partial charge is 0.392 e. The van der Waals surface area contributed by atoms with Crippen LogP contribution in [-0.4, -0.2) is 66.6 Å². The van der Waals surface area contributed by atoms with Crippen molar-refractivity contribution in [2.24, 2.45) is 0 Å². The third-order valence-corrected chi connectivity index (χ3v) is 2.20. The van der Waals surface area contributed by atoms with Gasteiger partial charge in [0.1, 0.15) is 6.61 Å². The van der Waals surface area contributed by atoms with E-state index >= 15 is 0 Å². The predicted octanol–water partition coefficient (Wildman–Crippen LogP) is -2.09. The maximum absolute atomic E-state index is 11.2. The Morgan fingerprint density at radius 1 is 1.35 bits per heavy atom. The Kier molecular flexibility index (Phi) is 9.83. The molecule has 0 heterocycles. The number of hydrogen-bond donors (Lipinski definition) is 4. The van der Waals surface area contributed by atoms with Crippen LogP contribution < -0.4 is 10.6 Å². The Labute approximate surface area is 104 Å². The van der Waals surface area contributed by atoms with Crippen LogP contribution in [0.5, 0.6) is 0 Å². The van der Waals surface area contributed by atoms with E-state index in [0.717, 1.165) is 0 Å². The number of thioether (sulfide) groups is 1. The molecule has 8 heteroatoms. The van der Waals surface area contributed by atoms with Crippen LogP contribution in [0.4, 0.5) is 0 Å². The number of aliphatic hydroxyl groups excluding tert-OH is 2. The molecule has 1 unspecified atom stereocenters. The monoisotopic (exact) mass is 266 g/mol. The molecule has 0 aromatic heterocycles. The maximum Gasteiger partial charge on any atom is 0.245 e. The van der Waals surface area contributed by atoms with Gasteiger partial charge in [0.05, 0.1) is 19.0 Å². The summed E-state index contributed by atoms with van der Waals surface area (Å²) in [6.45, 7) is -0.577. The average Bonchev–Trinajstić information content (AvgIpc) is 2.32. The van der Waals surface area contributed by atoms with E-state index in [1.807, 2.05) is 0 Å². The van der Waals surface area contributed by atoms with E-state index in [-0.39, 0.29) is 25.7 Å². The molecule has 4 N–H and O–H groups in total. The summed E-state index contributed by atoms with van der Waals surface area (Å²) in [5.74, 6) is -0.433. The van der Waals surface area contributed by atoms with Gasteiger partial charge in [0.2, 0.25) is 11.8 Å². The molecular weight excluding hydrogens is 248 g/mol. The van der Waals surface area contributed by atoms with Crippen molar-refractivity contribution in [2.75, 3.05) is 38.4 Å². The van der Waals surface area contributed by atoms with E-state index in [9.17, 15) is 9.59 Å². The summed E-state index contributed by atoms with van der Waals surface area (Å²) in [5.41, 5.74) is 0. The molecule has 0 spiro atoms. The van der Waals surface area contributed by atoms with Crippen molar-refractivity contribution in [2.45, 2.75) is 6.23 Å². The van der Waals surface area contributed by atoms with E-state index in [2.05, 4.69) is 10.6 Å². The fraction of sp³-hybridized carbons (Fsp3) is 0.778. The molecule has 0 aliphatic rings. The summed E-state index contributed by atoms with van der Waals surface area (Å²) in [6.07, 6.45) is 1.01. The standard InChI is InChI=1S/C9H18N2O5S/c1-17-6-8(15)11-9(5-13)16-3-2-10-7(14)4-12/h9,12-13H,2-6H2,1H3,(H,10,14)(H,11,15). The van der Waals surface area contributed by atoms with Crippen LogP contribution in [0.1, 0.15) is 0 Å². The van der Waals surface area contributed by atoms with Crippen LogP contribution in [0.25, 0.3) is 0 Å². The van der Waals surface area contributed by atoms with Crippen LogP contribution in [0.2, 0.25) is 0 Å². The minimum Gasteiger partial charge on any atom is -0.392 e. The average molecular weight is 266 g/mol. The van der Waals surface area contributed by atoms with Crippen molar-refractivity contribution in [3.05, 3.63) is 0 Å². The molecule has 0 saturated heterocycles. The summed E-state index contributed by atoms with van der Waals surface area (Å²) in [6, 6.07) is 0. The lowest BCUT2D eigenvalue weighted by molar-refractivity contribution is -0.126. The van der Waals surface area contributed by atoms with Crippen molar-refractivity contribution in [1.82, 2.24) is 10.6 Å². The summed E-state index contributed by atoms with van der Waals surface area (Å²) >= 11 is 1.36. The second kappa shape index (κ2) is 10.3. The highest BCUT2D eigenvalue weighted by atomic mass is 32.2. The third kappa shape index (κ3) is 8.93. The van der Waals surface area contributed by atoms with Crippen LogP contribution in [-0.2, 0) is 14.3 Å². The lowest BCUT2D eigenvalue weighted by atomic mass is 10.5. The van der Waals surface area contributed by atoms with Gasteiger partial charge in [0.25, 0.3) is 0 Å². The van der Waals surface area contributed by atoms with Crippen molar-refractivity contribution < 1.29 is 24.5 Å². The molecule has 7 nitrogen and oxygen atoms in total. The van der Waals surface area contributed by atoms with E-state index in [1.54, 1.807) is 6.26 Å². The van der Waals surface area contributed by atoms with Crippen LogP contribution in [0.15, 0.2) is 0 Å². The highest BCUT2D eigenvalue weighted by Crippen LogP contribution is 1.92. The highest BCUT2D eigenvalue weighted by molar-refractivity contribution is 7.99. The Morgan fingerprint density at radius 2 is 2.06 bits per heavy atom. The summed E-state index contributed by atoms with van der Waals surface area (Å²) in [5, 5.41) is 22.2. The molecular formula is C9H18N2O5S. The van der Waals surface area contributed by atoms with Gasteiger partial charge in [0, 0.05) is 6.54 Å². The molecule has 0 aliphatic heterocycles. The number of hydrogen-bond acceptors (Lipinski definition) is 6. The fourth-order valence-electron chi connectivity index (χ4n) is 0.940. The Balaban J connectivity index is 3.67. The first kappa shape index (κ1) is 16.2. The minimum absolute atomic E-state index is 0.135. The lowest BCUT2D eigenvalue weighted by Crippen LogP contribution is -2.42. The molecule has 1 atom stereocenters. The van der Waals surface area contributed by atoms with Crippen molar-refractivity contribution in [1.29, 1.82) is 0 Å². The molecule has 17 heavy (non-hydrogen) atoms. The Bertz CT molecular complexity index is 239. The van der Waals surface area contributed by atoms with Crippen molar-refractivity contribution in [3.8, 4) is 0 Å². The maximum atomic E-state index is 11.2. The first-order valence-electron chi connectivity index (χ1n) is 5.02. The van der Waals surface area contributed by atoms with E-state index in [4.69, 9.17) is 14.9 Å². The van der Waals surface area contributed by atoms with Crippen LogP contribution >= 0.6 is 11.8 Å². The van der Waals surface area contributed by atoms with Gasteiger partial charge in [-0.1, -0.05) is 0 Å². The SMILES string of the molecule is CSCC(=O)NC(CO)OCCNC(=O)CO. The summed E-state index contributed by atoms with van der Waals surface area (Å²) in [7, 11) is 0. The Hall–Kier alpha value is -0.830. The van der Waals surface area contributed by atoms with Gasteiger partial charge >= 0.3 is 0 Å². The summed E-state index contributed by atoms with van der Waals surface area (Å²) < 4.78 is 5.12. The lowest BCUT2D eigenvalue weighted by Gasteiger charge is -2.16. The summed E-state index contributed by atoms with van der Waals surface area (Å²) in [4.78, 5) is 21.8. The molecule has 0 rings (SSSR count). The number of aliphatic hydroxyl groups is 2. The molecule has 0 bridgehead atoms. The molecule has 0 aromatic carbocycles. The van der Waals surface area contributed by atoms with Gasteiger partial charge in [0.15, 0.2) is 6.23 Å². The molecule has 100 valence electrons. The highest BCUT2D eigenvalue weighted by Gasteiger charge is 2.10. The number of amides is 2. The molecule has 0 fully saturated rings. The van der Waals surface area contributed by atoms with Gasteiger partial charge in [-0.05, 0) is 6.26 Å². The molecule has 0 aromatic rings. The van der Waals surface area contributed by atoms with E-state index < -0.39 is 18.7 Å². The quantitative estimate of drug-likeness (QED) is 0.281. The van der Waals surface area contributed by atoms with Gasteiger partial charge < -0.3 is 25.6 Å². The second-order valence-corrected chi connectivity index (χ2v) is 3.92. The topological polar surface area (TPSA) is 108 Å². The number of ether oxygens (including phenoxy) is 1. The van der Waals surface area contributed by atoms with E-state index in [0.29, 0.717) is 5.75 Å². The van der Waals surface area contributed by atoms with Gasteiger partial charge in [-0.25, -0.2) is 0 Å². The van der Waals surface area contributed by atoms with Crippen molar-refractivity contribution in [3.63, 3.8) is 0 Å². The number of carbonyl (C=O) groups excluding carboxylic acids is 2. The minimum atomic E-state index is -0.777. The van der Waals surface area contributed by atoms with Crippen LogP contribution in [0.3, 0.4) is 0 Å². The predicted molar refractivity (Wildman–Crippen MR) is 63.4 cm³/mol. The number of nitrogens with one attached hydrogen (secondary N) is 2. The first-order valence-corrected chi connectivity index (χ1v) is 6.41. The number of rotatable bonds is 9. The molecule has 2 amide bonds. The van der Waals surface area contributed by atoms with Gasteiger partial charge in [-0.3, -0.25) is 9.59 Å². The van der Waals surface area contributed by atoms with Gasteiger partial charge in [-0.15, -0.1) is 0 Å². The molecule has 0 saturated carbocycles. The zero-order chi connectivity index (χ0) is 13.1. The van der Waals surface area contributed by atoms with Gasteiger partial charge in [-0.2, -0.15) is 11.8 Å².